The zero-order valence-corrected chi connectivity index (χ0v) is 13.9. The molecule has 3 rings (SSSR count). The van der Waals surface area contributed by atoms with Crippen molar-refractivity contribution in [3.8, 4) is 0 Å². The molecule has 116 valence electrons. The number of hydrogen-bond donors (Lipinski definition) is 2. The summed E-state index contributed by atoms with van der Waals surface area (Å²) >= 11 is 3.49. The summed E-state index contributed by atoms with van der Waals surface area (Å²) in [5, 5.41) is 6.32. The number of halogens is 2. The zero-order chi connectivity index (χ0) is 16.2. The molecule has 0 aliphatic carbocycles. The minimum absolute atomic E-state index is 0.299. The number of anilines is 4. The van der Waals surface area contributed by atoms with Crippen molar-refractivity contribution < 1.29 is 4.39 Å². The molecule has 2 aromatic carbocycles. The lowest BCUT2D eigenvalue weighted by molar-refractivity contribution is 0.628. The average molecular weight is 373 g/mol. The maximum absolute atomic E-state index is 13.3. The molecule has 0 aliphatic heterocycles. The molecule has 0 amide bonds. The lowest BCUT2D eigenvalue weighted by Crippen LogP contribution is -2.02. The van der Waals surface area contributed by atoms with E-state index in [0.717, 1.165) is 10.2 Å². The summed E-state index contributed by atoms with van der Waals surface area (Å²) in [5.74, 6) is 1.56. The third-order valence-electron chi connectivity index (χ3n) is 3.07. The minimum Gasteiger partial charge on any atom is -0.340 e. The molecular weight excluding hydrogens is 359 g/mol. The van der Waals surface area contributed by atoms with Gasteiger partial charge in [0.15, 0.2) is 0 Å². The molecular formula is C17H14BrFN4. The van der Waals surface area contributed by atoms with E-state index in [0.29, 0.717) is 23.1 Å². The van der Waals surface area contributed by atoms with Gasteiger partial charge >= 0.3 is 0 Å². The SMILES string of the molecule is Cc1nc(Nc2cccc(F)c2)cc(Nc2ccccc2Br)n1. The average Bonchev–Trinajstić information content (AvgIpc) is 2.49. The van der Waals surface area contributed by atoms with Crippen molar-refractivity contribution in [1.29, 1.82) is 0 Å². The Hall–Kier alpha value is -2.47. The lowest BCUT2D eigenvalue weighted by Gasteiger charge is -2.11. The second kappa shape index (κ2) is 6.75. The Labute approximate surface area is 141 Å². The standard InChI is InChI=1S/C17H14BrFN4/c1-11-20-16(22-13-6-4-5-12(19)9-13)10-17(21-11)23-15-8-3-2-7-14(15)18/h2-10H,1H3,(H2,20,21,22,23). The Morgan fingerprint density at radius 3 is 2.39 bits per heavy atom. The Balaban J connectivity index is 1.86. The van der Waals surface area contributed by atoms with Crippen LogP contribution in [0.25, 0.3) is 0 Å². The van der Waals surface area contributed by atoms with Gasteiger partial charge in [-0.2, -0.15) is 0 Å². The quantitative estimate of drug-likeness (QED) is 0.662. The summed E-state index contributed by atoms with van der Waals surface area (Å²) in [6, 6.07) is 15.8. The third kappa shape index (κ3) is 4.04. The predicted molar refractivity (Wildman–Crippen MR) is 93.9 cm³/mol. The fraction of sp³-hybridized carbons (Fsp3) is 0.0588. The number of benzene rings is 2. The third-order valence-corrected chi connectivity index (χ3v) is 3.76. The van der Waals surface area contributed by atoms with Gasteiger partial charge in [-0.25, -0.2) is 14.4 Å². The molecule has 0 fully saturated rings. The van der Waals surface area contributed by atoms with Crippen LogP contribution in [0.2, 0.25) is 0 Å². The molecule has 0 spiro atoms. The molecule has 0 aliphatic rings. The van der Waals surface area contributed by atoms with Crippen molar-refractivity contribution in [2.24, 2.45) is 0 Å². The van der Waals surface area contributed by atoms with Gasteiger partial charge in [-0.1, -0.05) is 18.2 Å². The molecule has 0 bridgehead atoms. The second-order valence-electron chi connectivity index (χ2n) is 4.93. The maximum Gasteiger partial charge on any atom is 0.136 e. The van der Waals surface area contributed by atoms with Crippen molar-refractivity contribution in [1.82, 2.24) is 9.97 Å². The van der Waals surface area contributed by atoms with E-state index in [1.54, 1.807) is 18.2 Å². The highest BCUT2D eigenvalue weighted by atomic mass is 79.9. The van der Waals surface area contributed by atoms with Crippen molar-refractivity contribution in [2.45, 2.75) is 6.92 Å². The molecule has 1 aromatic heterocycles. The molecule has 0 saturated heterocycles. The Morgan fingerprint density at radius 2 is 1.65 bits per heavy atom. The van der Waals surface area contributed by atoms with Gasteiger partial charge in [-0.15, -0.1) is 0 Å². The Bertz CT molecular complexity index is 838. The van der Waals surface area contributed by atoms with Crippen LogP contribution in [0.1, 0.15) is 5.82 Å². The van der Waals surface area contributed by atoms with Crippen LogP contribution in [0.15, 0.2) is 59.1 Å². The van der Waals surface area contributed by atoms with Gasteiger partial charge in [-0.3, -0.25) is 0 Å². The first-order valence-electron chi connectivity index (χ1n) is 7.00. The van der Waals surface area contributed by atoms with E-state index in [1.165, 1.54) is 12.1 Å². The first-order chi connectivity index (χ1) is 11.1. The molecule has 3 aromatic rings. The molecule has 23 heavy (non-hydrogen) atoms. The highest BCUT2D eigenvalue weighted by molar-refractivity contribution is 9.10. The normalized spacial score (nSPS) is 10.4. The van der Waals surface area contributed by atoms with Crippen molar-refractivity contribution in [2.75, 3.05) is 10.6 Å². The summed E-state index contributed by atoms with van der Waals surface area (Å²) in [6.07, 6.45) is 0. The van der Waals surface area contributed by atoms with E-state index in [-0.39, 0.29) is 5.82 Å². The van der Waals surface area contributed by atoms with E-state index in [2.05, 4.69) is 36.5 Å². The Kier molecular flexibility index (Phi) is 4.52. The Morgan fingerprint density at radius 1 is 0.913 bits per heavy atom. The van der Waals surface area contributed by atoms with Gasteiger partial charge in [0.1, 0.15) is 23.3 Å². The fourth-order valence-corrected chi connectivity index (χ4v) is 2.49. The number of rotatable bonds is 4. The second-order valence-corrected chi connectivity index (χ2v) is 5.78. The summed E-state index contributed by atoms with van der Waals surface area (Å²) in [6.45, 7) is 1.81. The van der Waals surface area contributed by atoms with Crippen molar-refractivity contribution >= 4 is 38.9 Å². The number of para-hydroxylation sites is 1. The van der Waals surface area contributed by atoms with Crippen LogP contribution in [0, 0.1) is 12.7 Å². The largest absolute Gasteiger partial charge is 0.340 e. The summed E-state index contributed by atoms with van der Waals surface area (Å²) < 4.78 is 14.2. The first kappa shape index (κ1) is 15.4. The van der Waals surface area contributed by atoms with Gasteiger partial charge in [0, 0.05) is 16.2 Å². The number of nitrogens with one attached hydrogen (secondary N) is 2. The van der Waals surface area contributed by atoms with Crippen LogP contribution < -0.4 is 10.6 Å². The molecule has 0 radical (unpaired) electrons. The molecule has 2 N–H and O–H groups in total. The molecule has 0 unspecified atom stereocenters. The van der Waals surface area contributed by atoms with Gasteiger partial charge in [-0.05, 0) is 53.2 Å². The van der Waals surface area contributed by atoms with Gasteiger partial charge < -0.3 is 10.6 Å². The zero-order valence-electron chi connectivity index (χ0n) is 12.3. The molecule has 4 nitrogen and oxygen atoms in total. The molecule has 6 heteroatoms. The lowest BCUT2D eigenvalue weighted by atomic mass is 10.3. The van der Waals surface area contributed by atoms with Crippen molar-refractivity contribution in [3.05, 3.63) is 70.7 Å². The molecule has 0 atom stereocenters. The van der Waals surface area contributed by atoms with Crippen LogP contribution in [0.4, 0.5) is 27.4 Å². The van der Waals surface area contributed by atoms with Gasteiger partial charge in [0.05, 0.1) is 5.69 Å². The highest BCUT2D eigenvalue weighted by Gasteiger charge is 2.05. The topological polar surface area (TPSA) is 49.8 Å². The summed E-state index contributed by atoms with van der Waals surface area (Å²) in [5.41, 5.74) is 1.54. The van der Waals surface area contributed by atoms with Crippen LogP contribution in [-0.4, -0.2) is 9.97 Å². The summed E-state index contributed by atoms with van der Waals surface area (Å²) in [7, 11) is 0. The number of aromatic nitrogens is 2. The van der Waals surface area contributed by atoms with E-state index in [9.17, 15) is 4.39 Å². The predicted octanol–water partition coefficient (Wildman–Crippen LogP) is 5.17. The smallest absolute Gasteiger partial charge is 0.136 e. The minimum atomic E-state index is -0.299. The highest BCUT2D eigenvalue weighted by Crippen LogP contribution is 2.26. The number of nitrogens with zero attached hydrogens (tertiary/aromatic N) is 2. The number of aryl methyl sites for hydroxylation is 1. The van der Waals surface area contributed by atoms with Gasteiger partial charge in [0.2, 0.25) is 0 Å². The van der Waals surface area contributed by atoms with Crippen LogP contribution in [0.5, 0.6) is 0 Å². The number of hydrogen-bond acceptors (Lipinski definition) is 4. The van der Waals surface area contributed by atoms with Crippen LogP contribution in [-0.2, 0) is 0 Å². The van der Waals surface area contributed by atoms with E-state index >= 15 is 0 Å². The maximum atomic E-state index is 13.3. The molecule has 0 saturated carbocycles. The van der Waals surface area contributed by atoms with E-state index in [4.69, 9.17) is 0 Å². The summed E-state index contributed by atoms with van der Waals surface area (Å²) in [4.78, 5) is 8.70. The van der Waals surface area contributed by atoms with Crippen molar-refractivity contribution in [3.63, 3.8) is 0 Å². The van der Waals surface area contributed by atoms with E-state index < -0.39 is 0 Å². The van der Waals surface area contributed by atoms with Crippen LogP contribution >= 0.6 is 15.9 Å². The first-order valence-corrected chi connectivity index (χ1v) is 7.79. The monoisotopic (exact) mass is 372 g/mol. The fourth-order valence-electron chi connectivity index (χ4n) is 2.11. The molecule has 1 heterocycles. The van der Waals surface area contributed by atoms with Gasteiger partial charge in [0.25, 0.3) is 0 Å². The van der Waals surface area contributed by atoms with Crippen LogP contribution in [0.3, 0.4) is 0 Å². The van der Waals surface area contributed by atoms with E-state index in [1.807, 2.05) is 31.2 Å².